The smallest absolute Gasteiger partial charge is 0.339 e. The fourth-order valence-electron chi connectivity index (χ4n) is 1.57. The number of benzene rings is 2. The van der Waals surface area contributed by atoms with Crippen molar-refractivity contribution in [2.75, 3.05) is 0 Å². The molecule has 20 heavy (non-hydrogen) atoms. The summed E-state index contributed by atoms with van der Waals surface area (Å²) in [5.74, 6) is 0.216. The minimum Gasteiger partial charge on any atom is -0.379 e. The fourth-order valence-corrected chi connectivity index (χ4v) is 2.52. The standard InChI is InChI=1S/C14H11NO4S/c1-11-7-8-13(9-14(11)15-10-16)20(17,18)19-12-5-3-2-4-6-12/h2-9H,1H3. The molecule has 2 aromatic rings. The highest BCUT2D eigenvalue weighted by Crippen LogP contribution is 2.24. The molecule has 0 bridgehead atoms. The van der Waals surface area contributed by atoms with E-state index in [1.807, 2.05) is 0 Å². The van der Waals surface area contributed by atoms with E-state index in [1.54, 1.807) is 31.2 Å². The van der Waals surface area contributed by atoms with Crippen LogP contribution in [0, 0.1) is 6.92 Å². The van der Waals surface area contributed by atoms with Crippen molar-refractivity contribution in [1.29, 1.82) is 0 Å². The first-order valence-electron chi connectivity index (χ1n) is 5.71. The first kappa shape index (κ1) is 14.0. The molecule has 0 amide bonds. The average Bonchev–Trinajstić information content (AvgIpc) is 2.42. The van der Waals surface area contributed by atoms with Crippen LogP contribution < -0.4 is 4.18 Å². The lowest BCUT2D eigenvalue weighted by atomic mass is 10.2. The fraction of sp³-hybridized carbons (Fsp3) is 0.0714. The molecule has 0 aliphatic rings. The van der Waals surface area contributed by atoms with E-state index in [0.717, 1.165) is 0 Å². The molecule has 5 nitrogen and oxygen atoms in total. The molecule has 2 rings (SSSR count). The van der Waals surface area contributed by atoms with Crippen molar-refractivity contribution in [3.63, 3.8) is 0 Å². The molecule has 0 atom stereocenters. The largest absolute Gasteiger partial charge is 0.379 e. The van der Waals surface area contributed by atoms with Gasteiger partial charge in [-0.2, -0.15) is 13.4 Å². The van der Waals surface area contributed by atoms with E-state index in [-0.39, 0.29) is 16.3 Å². The summed E-state index contributed by atoms with van der Waals surface area (Å²) >= 11 is 0. The van der Waals surface area contributed by atoms with Crippen molar-refractivity contribution in [1.82, 2.24) is 0 Å². The predicted molar refractivity (Wildman–Crippen MR) is 73.2 cm³/mol. The van der Waals surface area contributed by atoms with Crippen molar-refractivity contribution in [2.24, 2.45) is 4.99 Å². The van der Waals surface area contributed by atoms with Gasteiger partial charge in [0.15, 0.2) is 0 Å². The monoisotopic (exact) mass is 289 g/mol. The molecule has 0 N–H and O–H groups in total. The molecule has 2 aromatic carbocycles. The van der Waals surface area contributed by atoms with Crippen LogP contribution in [0.1, 0.15) is 5.56 Å². The number of aliphatic imine (C=N–C) groups is 1. The normalized spacial score (nSPS) is 10.7. The Morgan fingerprint density at radius 2 is 1.80 bits per heavy atom. The van der Waals surface area contributed by atoms with Gasteiger partial charge in [-0.15, -0.1) is 0 Å². The van der Waals surface area contributed by atoms with Crippen LogP contribution in [0.5, 0.6) is 5.75 Å². The lowest BCUT2D eigenvalue weighted by molar-refractivity contribution is 0.486. The van der Waals surface area contributed by atoms with Crippen molar-refractivity contribution >= 4 is 21.9 Å². The molecule has 0 fully saturated rings. The molecule has 102 valence electrons. The molecule has 0 saturated heterocycles. The molecule has 6 heteroatoms. The summed E-state index contributed by atoms with van der Waals surface area (Å²) in [4.78, 5) is 13.7. The molecule has 0 aliphatic heterocycles. The Morgan fingerprint density at radius 1 is 1.10 bits per heavy atom. The van der Waals surface area contributed by atoms with Crippen LogP contribution in [-0.4, -0.2) is 14.5 Å². The molecule has 0 spiro atoms. The Kier molecular flexibility index (Phi) is 3.98. The third kappa shape index (κ3) is 3.12. The van der Waals surface area contributed by atoms with E-state index < -0.39 is 10.1 Å². The summed E-state index contributed by atoms with van der Waals surface area (Å²) < 4.78 is 29.2. The lowest BCUT2D eigenvalue weighted by Crippen LogP contribution is -2.09. The van der Waals surface area contributed by atoms with E-state index in [1.165, 1.54) is 30.3 Å². The topological polar surface area (TPSA) is 72.8 Å². The number of isocyanates is 1. The Bertz CT molecular complexity index is 763. The third-order valence-electron chi connectivity index (χ3n) is 2.58. The molecule has 0 unspecified atom stereocenters. The summed E-state index contributed by atoms with van der Waals surface area (Å²) in [5, 5.41) is 0. The number of carbonyl (C=O) groups excluding carboxylic acids is 1. The van der Waals surface area contributed by atoms with Crippen LogP contribution in [0.4, 0.5) is 5.69 Å². The van der Waals surface area contributed by atoms with Crippen LogP contribution in [0.25, 0.3) is 0 Å². The number of para-hydroxylation sites is 1. The predicted octanol–water partition coefficient (Wildman–Crippen LogP) is 2.73. The van der Waals surface area contributed by atoms with E-state index in [9.17, 15) is 13.2 Å². The summed E-state index contributed by atoms with van der Waals surface area (Å²) in [6.07, 6.45) is 1.39. The van der Waals surface area contributed by atoms with Crippen molar-refractivity contribution in [3.8, 4) is 5.75 Å². The van der Waals surface area contributed by atoms with Crippen LogP contribution in [0.2, 0.25) is 0 Å². The van der Waals surface area contributed by atoms with E-state index in [0.29, 0.717) is 5.56 Å². The SMILES string of the molecule is Cc1ccc(S(=O)(=O)Oc2ccccc2)cc1N=C=O. The minimum absolute atomic E-state index is 0.0686. The minimum atomic E-state index is -3.96. The molecule has 0 heterocycles. The van der Waals surface area contributed by atoms with Crippen molar-refractivity contribution < 1.29 is 17.4 Å². The molecular formula is C14H11NO4S. The Labute approximate surface area is 116 Å². The first-order chi connectivity index (χ1) is 9.53. The Morgan fingerprint density at radius 3 is 2.45 bits per heavy atom. The lowest BCUT2D eigenvalue weighted by Gasteiger charge is -2.08. The van der Waals surface area contributed by atoms with Gasteiger partial charge in [-0.25, -0.2) is 4.79 Å². The highest BCUT2D eigenvalue weighted by molar-refractivity contribution is 7.87. The van der Waals surface area contributed by atoms with Gasteiger partial charge in [0, 0.05) is 0 Å². The highest BCUT2D eigenvalue weighted by Gasteiger charge is 2.17. The van der Waals surface area contributed by atoms with E-state index >= 15 is 0 Å². The second-order valence-corrected chi connectivity index (χ2v) is 5.55. The molecule has 0 saturated carbocycles. The molecular weight excluding hydrogens is 278 g/mol. The van der Waals surface area contributed by atoms with Crippen molar-refractivity contribution in [2.45, 2.75) is 11.8 Å². The van der Waals surface area contributed by atoms with E-state index in [2.05, 4.69) is 4.99 Å². The van der Waals surface area contributed by atoms with Gasteiger partial charge in [0.05, 0.1) is 5.69 Å². The first-order valence-corrected chi connectivity index (χ1v) is 7.12. The van der Waals surface area contributed by atoms with Gasteiger partial charge in [-0.1, -0.05) is 24.3 Å². The van der Waals surface area contributed by atoms with Gasteiger partial charge < -0.3 is 4.18 Å². The quantitative estimate of drug-likeness (QED) is 0.493. The Balaban J connectivity index is 2.39. The number of hydrogen-bond donors (Lipinski definition) is 0. The highest BCUT2D eigenvalue weighted by atomic mass is 32.2. The average molecular weight is 289 g/mol. The van der Waals surface area contributed by atoms with Gasteiger partial charge in [-0.3, -0.25) is 0 Å². The molecule has 0 aromatic heterocycles. The van der Waals surface area contributed by atoms with E-state index in [4.69, 9.17) is 4.18 Å². The van der Waals surface area contributed by atoms with Crippen LogP contribution in [0.15, 0.2) is 58.4 Å². The number of rotatable bonds is 4. The maximum atomic E-state index is 12.1. The maximum absolute atomic E-state index is 12.1. The Hall–Kier alpha value is -2.43. The summed E-state index contributed by atoms with van der Waals surface area (Å²) in [7, 11) is -3.96. The maximum Gasteiger partial charge on any atom is 0.339 e. The summed E-state index contributed by atoms with van der Waals surface area (Å²) in [5.41, 5.74) is 0.921. The number of hydrogen-bond acceptors (Lipinski definition) is 5. The number of aryl methyl sites for hydroxylation is 1. The van der Waals surface area contributed by atoms with Gasteiger partial charge in [0.25, 0.3) is 0 Å². The van der Waals surface area contributed by atoms with Gasteiger partial charge in [0.1, 0.15) is 10.6 Å². The van der Waals surface area contributed by atoms with Crippen molar-refractivity contribution in [3.05, 3.63) is 54.1 Å². The molecule has 0 radical (unpaired) electrons. The summed E-state index contributed by atoms with van der Waals surface area (Å²) in [6, 6.07) is 12.4. The van der Waals surface area contributed by atoms with Crippen LogP contribution >= 0.6 is 0 Å². The zero-order chi connectivity index (χ0) is 14.6. The number of nitrogens with zero attached hydrogens (tertiary/aromatic N) is 1. The zero-order valence-electron chi connectivity index (χ0n) is 10.6. The van der Waals surface area contributed by atoms with Gasteiger partial charge in [0.2, 0.25) is 6.08 Å². The van der Waals surface area contributed by atoms with Crippen LogP contribution in [-0.2, 0) is 14.9 Å². The van der Waals surface area contributed by atoms with Crippen LogP contribution in [0.3, 0.4) is 0 Å². The van der Waals surface area contributed by atoms with Gasteiger partial charge in [-0.05, 0) is 36.8 Å². The zero-order valence-corrected chi connectivity index (χ0v) is 11.4. The third-order valence-corrected chi connectivity index (χ3v) is 3.83. The molecule has 0 aliphatic carbocycles. The van der Waals surface area contributed by atoms with Gasteiger partial charge >= 0.3 is 10.1 Å². The second kappa shape index (κ2) is 5.69. The second-order valence-electron chi connectivity index (χ2n) is 4.00. The summed E-state index contributed by atoms with van der Waals surface area (Å²) in [6.45, 7) is 1.71.